The molecular weight excluding hydrogens is 395 g/mol. The summed E-state index contributed by atoms with van der Waals surface area (Å²) in [5.41, 5.74) is 11.4. The molecule has 0 saturated heterocycles. The van der Waals surface area contributed by atoms with E-state index in [1.54, 1.807) is 0 Å². The quantitative estimate of drug-likeness (QED) is 0.297. The third kappa shape index (κ3) is 4.48. The topological polar surface area (TPSA) is 0 Å². The van der Waals surface area contributed by atoms with Gasteiger partial charge in [-0.25, -0.2) is 0 Å². The second kappa shape index (κ2) is 8.05. The molecule has 1 heterocycles. The zero-order valence-electron chi connectivity index (χ0n) is 22.0. The summed E-state index contributed by atoms with van der Waals surface area (Å²) in [7, 11) is 0. The summed E-state index contributed by atoms with van der Waals surface area (Å²) >= 11 is 0. The van der Waals surface area contributed by atoms with Crippen molar-refractivity contribution in [3.8, 4) is 0 Å². The number of benzene rings is 3. The van der Waals surface area contributed by atoms with Gasteiger partial charge < -0.3 is 0 Å². The van der Waals surface area contributed by atoms with E-state index in [1.165, 1.54) is 44.2 Å². The molecule has 1 aliphatic rings. The van der Waals surface area contributed by atoms with Gasteiger partial charge in [-0.05, 0) is 44.1 Å². The van der Waals surface area contributed by atoms with Crippen LogP contribution < -0.4 is 16.4 Å². The lowest BCUT2D eigenvalue weighted by Gasteiger charge is -2.36. The SMILES string of the molecule is CC(C)(C)c1cc(C(C)(C)C)c(B2c3ccccc3C=Cc3ccccc32)c(C(C)(C)C)c1. The van der Waals surface area contributed by atoms with Crippen LogP contribution in [0.5, 0.6) is 0 Å². The Morgan fingerprint density at radius 1 is 0.515 bits per heavy atom. The van der Waals surface area contributed by atoms with Crippen LogP contribution in [0.3, 0.4) is 0 Å². The van der Waals surface area contributed by atoms with Gasteiger partial charge in [0.25, 0.3) is 0 Å². The van der Waals surface area contributed by atoms with E-state index in [4.69, 9.17) is 0 Å². The molecule has 0 atom stereocenters. The highest BCUT2D eigenvalue weighted by Crippen LogP contribution is 2.34. The van der Waals surface area contributed by atoms with Crippen molar-refractivity contribution in [2.75, 3.05) is 0 Å². The van der Waals surface area contributed by atoms with E-state index < -0.39 is 0 Å². The van der Waals surface area contributed by atoms with Gasteiger partial charge in [0.05, 0.1) is 0 Å². The molecule has 0 unspecified atom stereocenters. The molecule has 170 valence electrons. The molecule has 0 aliphatic carbocycles. The maximum atomic E-state index is 2.51. The van der Waals surface area contributed by atoms with Gasteiger partial charge in [-0.3, -0.25) is 0 Å². The fourth-order valence-electron chi connectivity index (χ4n) is 5.15. The molecule has 33 heavy (non-hydrogen) atoms. The van der Waals surface area contributed by atoms with Crippen LogP contribution in [0.25, 0.3) is 12.2 Å². The molecule has 0 radical (unpaired) electrons. The summed E-state index contributed by atoms with van der Waals surface area (Å²) in [5.74, 6) is 0. The molecule has 0 N–H and O–H groups in total. The minimum atomic E-state index is 0.0280. The highest BCUT2D eigenvalue weighted by Gasteiger charge is 2.37. The van der Waals surface area contributed by atoms with E-state index in [2.05, 4.69) is 135 Å². The molecule has 1 heteroatoms. The summed E-state index contributed by atoms with van der Waals surface area (Å²) in [4.78, 5) is 0. The molecule has 0 aromatic heterocycles. The van der Waals surface area contributed by atoms with Crippen LogP contribution >= 0.6 is 0 Å². The molecule has 0 amide bonds. The van der Waals surface area contributed by atoms with E-state index in [1.807, 2.05) is 0 Å². The van der Waals surface area contributed by atoms with Gasteiger partial charge >= 0.3 is 0 Å². The van der Waals surface area contributed by atoms with Gasteiger partial charge in [0, 0.05) is 0 Å². The predicted octanol–water partition coefficient (Wildman–Crippen LogP) is 6.58. The monoisotopic (exact) mass is 434 g/mol. The number of hydrogen-bond acceptors (Lipinski definition) is 0. The lowest BCUT2D eigenvalue weighted by atomic mass is 9.33. The van der Waals surface area contributed by atoms with Gasteiger partial charge in [-0.15, -0.1) is 0 Å². The summed E-state index contributed by atoms with van der Waals surface area (Å²) in [6, 6.07) is 22.9. The van der Waals surface area contributed by atoms with E-state index in [0.29, 0.717) is 0 Å². The smallest absolute Gasteiger partial charge is 0.0664 e. The van der Waals surface area contributed by atoms with Crippen LogP contribution in [-0.2, 0) is 16.2 Å². The van der Waals surface area contributed by atoms with Crippen molar-refractivity contribution in [1.29, 1.82) is 0 Å². The summed E-state index contributed by atoms with van der Waals surface area (Å²) in [5, 5.41) is 0. The Labute approximate surface area is 202 Å². The normalized spacial score (nSPS) is 14.0. The number of fused-ring (bicyclic) bond motifs is 2. The predicted molar refractivity (Wildman–Crippen MR) is 149 cm³/mol. The van der Waals surface area contributed by atoms with Crippen molar-refractivity contribution >= 4 is 35.3 Å². The van der Waals surface area contributed by atoms with Gasteiger partial charge in [0.2, 0.25) is 6.71 Å². The average molecular weight is 434 g/mol. The van der Waals surface area contributed by atoms with Crippen molar-refractivity contribution < 1.29 is 0 Å². The lowest BCUT2D eigenvalue weighted by Crippen LogP contribution is -2.58. The van der Waals surface area contributed by atoms with Crippen LogP contribution in [0, 0.1) is 0 Å². The lowest BCUT2D eigenvalue weighted by molar-refractivity contribution is 0.553. The maximum absolute atomic E-state index is 2.51. The molecule has 0 saturated carbocycles. The second-order valence-corrected chi connectivity index (χ2v) is 12.8. The first-order valence-corrected chi connectivity index (χ1v) is 12.3. The Kier molecular flexibility index (Phi) is 5.76. The van der Waals surface area contributed by atoms with Crippen LogP contribution in [0.15, 0.2) is 60.7 Å². The van der Waals surface area contributed by atoms with Crippen molar-refractivity contribution in [3.05, 3.63) is 88.5 Å². The first kappa shape index (κ1) is 23.6. The average Bonchev–Trinajstić information content (AvgIpc) is 2.87. The Balaban J connectivity index is 2.19. The fraction of sp³-hybridized carbons (Fsp3) is 0.375. The van der Waals surface area contributed by atoms with Crippen LogP contribution in [0.4, 0.5) is 0 Å². The molecule has 0 nitrogen and oxygen atoms in total. The van der Waals surface area contributed by atoms with Gasteiger partial charge in [-0.1, -0.05) is 152 Å². The Morgan fingerprint density at radius 3 is 1.27 bits per heavy atom. The molecule has 0 spiro atoms. The molecule has 3 aromatic rings. The summed E-state index contributed by atoms with van der Waals surface area (Å²) < 4.78 is 0. The Morgan fingerprint density at radius 2 is 0.909 bits per heavy atom. The molecule has 0 fully saturated rings. The third-order valence-electron chi connectivity index (χ3n) is 7.01. The highest BCUT2D eigenvalue weighted by atomic mass is 14.3. The van der Waals surface area contributed by atoms with E-state index in [-0.39, 0.29) is 23.0 Å². The van der Waals surface area contributed by atoms with Crippen molar-refractivity contribution in [1.82, 2.24) is 0 Å². The second-order valence-electron chi connectivity index (χ2n) is 12.8. The zero-order valence-corrected chi connectivity index (χ0v) is 22.0. The van der Waals surface area contributed by atoms with Crippen molar-refractivity contribution in [3.63, 3.8) is 0 Å². The minimum absolute atomic E-state index is 0.0280. The molecule has 1 aliphatic heterocycles. The Bertz CT molecular complexity index is 1120. The third-order valence-corrected chi connectivity index (χ3v) is 7.01. The van der Waals surface area contributed by atoms with Crippen molar-refractivity contribution in [2.45, 2.75) is 78.6 Å². The molecular formula is C32H39B. The maximum Gasteiger partial charge on any atom is 0.243 e. The van der Waals surface area contributed by atoms with Gasteiger partial charge in [0.1, 0.15) is 0 Å². The standard InChI is InChI=1S/C32H39B/c1-30(2,3)24-20-25(31(4,5)6)29(26(21-24)32(7,8)9)33-27-16-12-10-14-22(27)18-19-23-15-11-13-17-28(23)33/h10-21H,1-9H3. The van der Waals surface area contributed by atoms with E-state index in [0.717, 1.165) is 0 Å². The number of rotatable bonds is 1. The van der Waals surface area contributed by atoms with Gasteiger partial charge in [-0.2, -0.15) is 0 Å². The molecule has 3 aromatic carbocycles. The Hall–Kier alpha value is -2.54. The molecule has 0 bridgehead atoms. The van der Waals surface area contributed by atoms with Crippen LogP contribution in [0.1, 0.15) is 90.1 Å². The van der Waals surface area contributed by atoms with Gasteiger partial charge in [0.15, 0.2) is 0 Å². The van der Waals surface area contributed by atoms with Crippen LogP contribution in [-0.4, -0.2) is 6.71 Å². The summed E-state index contributed by atoms with van der Waals surface area (Å²) in [6.07, 6.45) is 4.59. The highest BCUT2D eigenvalue weighted by molar-refractivity contribution is 6.97. The largest absolute Gasteiger partial charge is 0.243 e. The van der Waals surface area contributed by atoms with E-state index >= 15 is 0 Å². The van der Waals surface area contributed by atoms with Crippen LogP contribution in [0.2, 0.25) is 0 Å². The first-order chi connectivity index (χ1) is 15.3. The first-order valence-electron chi connectivity index (χ1n) is 12.3. The zero-order chi connectivity index (χ0) is 24.2. The summed E-state index contributed by atoms with van der Waals surface area (Å²) in [6.45, 7) is 21.4. The van der Waals surface area contributed by atoms with Crippen molar-refractivity contribution in [2.24, 2.45) is 0 Å². The fourth-order valence-corrected chi connectivity index (χ4v) is 5.15. The minimum Gasteiger partial charge on any atom is -0.0664 e. The number of hydrogen-bond donors (Lipinski definition) is 0. The molecule has 4 rings (SSSR count). The van der Waals surface area contributed by atoms with E-state index in [9.17, 15) is 0 Å².